The Labute approximate surface area is 181 Å². The first-order chi connectivity index (χ1) is 15.2. The lowest BCUT2D eigenvalue weighted by molar-refractivity contribution is 0.102. The highest BCUT2D eigenvalue weighted by molar-refractivity contribution is 6.08. The van der Waals surface area contributed by atoms with Crippen molar-refractivity contribution in [1.82, 2.24) is 19.5 Å². The number of methoxy groups -OCH3 is 1. The van der Waals surface area contributed by atoms with Crippen LogP contribution in [0.1, 0.15) is 41.5 Å². The zero-order valence-corrected chi connectivity index (χ0v) is 17.7. The van der Waals surface area contributed by atoms with Crippen molar-refractivity contribution in [3.63, 3.8) is 0 Å². The van der Waals surface area contributed by atoms with Crippen LogP contribution in [0.25, 0.3) is 11.2 Å². The van der Waals surface area contributed by atoms with E-state index in [1.54, 1.807) is 31.6 Å². The van der Waals surface area contributed by atoms with Crippen molar-refractivity contribution in [2.45, 2.75) is 32.7 Å². The van der Waals surface area contributed by atoms with Gasteiger partial charge < -0.3 is 14.6 Å². The van der Waals surface area contributed by atoms with Gasteiger partial charge in [-0.05, 0) is 24.1 Å². The predicted octanol–water partition coefficient (Wildman–Crippen LogP) is 4.48. The monoisotopic (exact) mass is 415 g/mol. The van der Waals surface area contributed by atoms with E-state index in [1.165, 1.54) is 0 Å². The van der Waals surface area contributed by atoms with Crippen LogP contribution in [0.3, 0.4) is 0 Å². The molecule has 0 aliphatic heterocycles. The minimum atomic E-state index is -0.295. The number of nitrogens with one attached hydrogen (secondary N) is 1. The molecule has 158 valence electrons. The molecular formula is C24H25N5O2. The number of aromatic nitrogens is 4. The molecule has 0 unspecified atom stereocenters. The second-order valence-corrected chi connectivity index (χ2v) is 7.28. The summed E-state index contributed by atoms with van der Waals surface area (Å²) in [5.74, 6) is 1.32. The number of benzene rings is 2. The van der Waals surface area contributed by atoms with Crippen molar-refractivity contribution >= 4 is 22.9 Å². The third kappa shape index (κ3) is 4.55. The second-order valence-electron chi connectivity index (χ2n) is 7.28. The van der Waals surface area contributed by atoms with Gasteiger partial charge >= 0.3 is 0 Å². The Morgan fingerprint density at radius 1 is 1.06 bits per heavy atom. The molecule has 0 spiro atoms. The number of aryl methyl sites for hydroxylation is 1. The van der Waals surface area contributed by atoms with Gasteiger partial charge in [0.15, 0.2) is 17.0 Å². The number of fused-ring (bicyclic) bond motifs is 1. The third-order valence-electron chi connectivity index (χ3n) is 5.04. The molecule has 1 N–H and O–H groups in total. The van der Waals surface area contributed by atoms with Crippen molar-refractivity contribution in [1.29, 1.82) is 0 Å². The van der Waals surface area contributed by atoms with E-state index < -0.39 is 0 Å². The molecule has 0 aliphatic carbocycles. The smallest absolute Gasteiger partial charge is 0.260 e. The SMILES string of the molecule is CCCCc1nc(NC(=O)c2ccccc2OC)c2ncn(Cc3ccccc3)c2n1. The second kappa shape index (κ2) is 9.38. The van der Waals surface area contributed by atoms with Gasteiger partial charge in [0.2, 0.25) is 0 Å². The molecule has 0 saturated carbocycles. The first-order valence-electron chi connectivity index (χ1n) is 10.4. The lowest BCUT2D eigenvalue weighted by atomic mass is 10.2. The van der Waals surface area contributed by atoms with Gasteiger partial charge in [-0.25, -0.2) is 15.0 Å². The van der Waals surface area contributed by atoms with Crippen LogP contribution < -0.4 is 10.1 Å². The normalized spacial score (nSPS) is 10.9. The highest BCUT2D eigenvalue weighted by Crippen LogP contribution is 2.23. The molecule has 4 rings (SSSR count). The summed E-state index contributed by atoms with van der Waals surface area (Å²) >= 11 is 0. The van der Waals surface area contributed by atoms with Gasteiger partial charge in [0, 0.05) is 6.42 Å². The molecule has 7 nitrogen and oxygen atoms in total. The molecule has 0 radical (unpaired) electrons. The fourth-order valence-electron chi connectivity index (χ4n) is 3.43. The average molecular weight is 415 g/mol. The summed E-state index contributed by atoms with van der Waals surface area (Å²) in [6.45, 7) is 2.77. The maximum atomic E-state index is 13.0. The van der Waals surface area contributed by atoms with Crippen LogP contribution in [0.15, 0.2) is 60.9 Å². The number of imidazole rings is 1. The number of carbonyl (C=O) groups excluding carboxylic acids is 1. The first-order valence-corrected chi connectivity index (χ1v) is 10.4. The molecule has 2 aromatic carbocycles. The summed E-state index contributed by atoms with van der Waals surface area (Å²) < 4.78 is 7.31. The van der Waals surface area contributed by atoms with Crippen LogP contribution >= 0.6 is 0 Å². The van der Waals surface area contributed by atoms with Crippen LogP contribution in [0.4, 0.5) is 5.82 Å². The summed E-state index contributed by atoms with van der Waals surface area (Å²) in [6.07, 6.45) is 4.49. The number of hydrogen-bond acceptors (Lipinski definition) is 5. The van der Waals surface area contributed by atoms with Crippen LogP contribution in [-0.2, 0) is 13.0 Å². The maximum absolute atomic E-state index is 13.0. The van der Waals surface area contributed by atoms with Gasteiger partial charge in [-0.2, -0.15) is 0 Å². The van der Waals surface area contributed by atoms with Gasteiger partial charge in [0.1, 0.15) is 11.6 Å². The van der Waals surface area contributed by atoms with Crippen LogP contribution in [0.5, 0.6) is 5.75 Å². The summed E-state index contributed by atoms with van der Waals surface area (Å²) in [6, 6.07) is 17.2. The number of nitrogens with zero attached hydrogens (tertiary/aromatic N) is 4. The van der Waals surface area contributed by atoms with Crippen molar-refractivity contribution in [2.24, 2.45) is 0 Å². The Bertz CT molecular complexity index is 1190. The van der Waals surface area contributed by atoms with Crippen molar-refractivity contribution in [3.8, 4) is 5.75 Å². The van der Waals surface area contributed by atoms with Crippen LogP contribution in [-0.4, -0.2) is 32.5 Å². The number of hydrogen-bond donors (Lipinski definition) is 1. The molecule has 31 heavy (non-hydrogen) atoms. The number of carbonyl (C=O) groups is 1. The molecule has 4 aromatic rings. The summed E-state index contributed by atoms with van der Waals surface area (Å²) in [5.41, 5.74) is 2.87. The molecule has 0 aliphatic rings. The molecule has 0 saturated heterocycles. The standard InChI is InChI=1S/C24H25N5O2/c1-3-4-14-20-26-22(28-24(30)18-12-8-9-13-19(18)31-2)21-23(27-20)29(16-25-21)15-17-10-6-5-7-11-17/h5-13,16H,3-4,14-15H2,1-2H3,(H,26,27,28,30). The Balaban J connectivity index is 1.72. The number of rotatable bonds is 8. The van der Waals surface area contributed by atoms with Gasteiger partial charge in [0.25, 0.3) is 5.91 Å². The number of anilines is 1. The van der Waals surface area contributed by atoms with Crippen LogP contribution in [0, 0.1) is 0 Å². The van der Waals surface area contributed by atoms with E-state index in [2.05, 4.69) is 34.3 Å². The predicted molar refractivity (Wildman–Crippen MR) is 120 cm³/mol. The van der Waals surface area contributed by atoms with Gasteiger partial charge in [-0.3, -0.25) is 4.79 Å². The van der Waals surface area contributed by atoms with Crippen LogP contribution in [0.2, 0.25) is 0 Å². The van der Waals surface area contributed by atoms with E-state index in [0.29, 0.717) is 40.7 Å². The van der Waals surface area contributed by atoms with E-state index >= 15 is 0 Å². The highest BCUT2D eigenvalue weighted by Gasteiger charge is 2.18. The average Bonchev–Trinajstić information content (AvgIpc) is 3.21. The molecule has 2 aromatic heterocycles. The first kappa shape index (κ1) is 20.5. The van der Waals surface area contributed by atoms with Gasteiger partial charge in [-0.1, -0.05) is 55.8 Å². The van der Waals surface area contributed by atoms with E-state index in [4.69, 9.17) is 9.72 Å². The van der Waals surface area contributed by atoms with E-state index in [1.807, 2.05) is 28.8 Å². The molecule has 1 amide bonds. The fraction of sp³-hybridized carbons (Fsp3) is 0.250. The Hall–Kier alpha value is -3.74. The summed E-state index contributed by atoms with van der Waals surface area (Å²) in [5, 5.41) is 2.92. The number of ether oxygens (including phenoxy) is 1. The van der Waals surface area contributed by atoms with E-state index in [-0.39, 0.29) is 5.91 Å². The topological polar surface area (TPSA) is 81.9 Å². The lowest BCUT2D eigenvalue weighted by Crippen LogP contribution is -2.16. The van der Waals surface area contributed by atoms with E-state index in [0.717, 1.165) is 24.8 Å². The van der Waals surface area contributed by atoms with Crippen molar-refractivity contribution in [2.75, 3.05) is 12.4 Å². The molecule has 2 heterocycles. The van der Waals surface area contributed by atoms with Crippen molar-refractivity contribution in [3.05, 3.63) is 77.9 Å². The maximum Gasteiger partial charge on any atom is 0.260 e. The molecule has 0 fully saturated rings. The van der Waals surface area contributed by atoms with Crippen molar-refractivity contribution < 1.29 is 9.53 Å². The van der Waals surface area contributed by atoms with E-state index in [9.17, 15) is 4.79 Å². The van der Waals surface area contributed by atoms with Gasteiger partial charge in [-0.15, -0.1) is 0 Å². The molecule has 0 bridgehead atoms. The molecule has 0 atom stereocenters. The zero-order chi connectivity index (χ0) is 21.6. The third-order valence-corrected chi connectivity index (χ3v) is 5.04. The fourth-order valence-corrected chi connectivity index (χ4v) is 3.43. The Morgan fingerprint density at radius 3 is 2.61 bits per heavy atom. The minimum absolute atomic E-state index is 0.295. The summed E-state index contributed by atoms with van der Waals surface area (Å²) in [4.78, 5) is 26.9. The largest absolute Gasteiger partial charge is 0.496 e. The van der Waals surface area contributed by atoms with Gasteiger partial charge in [0.05, 0.1) is 25.5 Å². The number of amides is 1. The quantitative estimate of drug-likeness (QED) is 0.459. The molecular weight excluding hydrogens is 390 g/mol. The number of para-hydroxylation sites is 1. The minimum Gasteiger partial charge on any atom is -0.496 e. The number of unbranched alkanes of at least 4 members (excludes halogenated alkanes) is 1. The zero-order valence-electron chi connectivity index (χ0n) is 17.7. The lowest BCUT2D eigenvalue weighted by Gasteiger charge is -2.11. The Kier molecular flexibility index (Phi) is 6.21. The highest BCUT2D eigenvalue weighted by atomic mass is 16.5. The summed E-state index contributed by atoms with van der Waals surface area (Å²) in [7, 11) is 1.54. The molecule has 7 heteroatoms. The Morgan fingerprint density at radius 2 is 1.84 bits per heavy atom.